The normalized spacial score (nSPS) is 13.8. The number of hydrogen-bond donors (Lipinski definition) is 1. The molecule has 114 valence electrons. The molecule has 3 rings (SSSR count). The van der Waals surface area contributed by atoms with Crippen LogP contribution in [0.15, 0.2) is 18.2 Å². The summed E-state index contributed by atoms with van der Waals surface area (Å²) in [5, 5.41) is 2.66. The number of nitrogens with zero attached hydrogens (tertiary/aromatic N) is 3. The van der Waals surface area contributed by atoms with Crippen LogP contribution in [-0.4, -0.2) is 16.0 Å². The molecule has 5 nitrogen and oxygen atoms in total. The Hall–Kier alpha value is -2.28. The summed E-state index contributed by atoms with van der Waals surface area (Å²) in [6.45, 7) is 1.92. The van der Waals surface area contributed by atoms with Gasteiger partial charge in [0.2, 0.25) is 0 Å². The Labute approximate surface area is 129 Å². The molecule has 0 saturated heterocycles. The lowest BCUT2D eigenvalue weighted by Crippen LogP contribution is -2.43. The van der Waals surface area contributed by atoms with Gasteiger partial charge in [0, 0.05) is 6.42 Å². The minimum Gasteiger partial charge on any atom is -0.333 e. The lowest BCUT2D eigenvalue weighted by atomic mass is 10.2. The van der Waals surface area contributed by atoms with Gasteiger partial charge in [0.15, 0.2) is 5.82 Å². The maximum absolute atomic E-state index is 14.0. The number of urea groups is 1. The first-order valence-electron chi connectivity index (χ1n) is 6.60. The average molecular weight is 325 g/mol. The predicted octanol–water partition coefficient (Wildman–Crippen LogP) is 3.33. The second-order valence-electron chi connectivity index (χ2n) is 4.65. The molecule has 2 heterocycles. The van der Waals surface area contributed by atoms with Crippen LogP contribution in [0, 0.1) is 11.6 Å². The van der Waals surface area contributed by atoms with E-state index in [1.54, 1.807) is 0 Å². The van der Waals surface area contributed by atoms with E-state index in [4.69, 9.17) is 11.6 Å². The van der Waals surface area contributed by atoms with E-state index in [1.165, 1.54) is 6.07 Å². The van der Waals surface area contributed by atoms with Crippen molar-refractivity contribution < 1.29 is 13.6 Å². The second-order valence-corrected chi connectivity index (χ2v) is 5.01. The molecule has 0 fully saturated rings. The first-order chi connectivity index (χ1) is 10.5. The molecule has 0 bridgehead atoms. The van der Waals surface area contributed by atoms with Crippen molar-refractivity contribution in [3.63, 3.8) is 0 Å². The van der Waals surface area contributed by atoms with Crippen LogP contribution in [0.5, 0.6) is 0 Å². The van der Waals surface area contributed by atoms with Gasteiger partial charge in [-0.05, 0) is 12.1 Å². The first-order valence-corrected chi connectivity index (χ1v) is 6.98. The van der Waals surface area contributed by atoms with Crippen LogP contribution in [-0.2, 0) is 13.0 Å². The molecular weight excluding hydrogens is 314 g/mol. The highest BCUT2D eigenvalue weighted by Gasteiger charge is 2.33. The van der Waals surface area contributed by atoms with Gasteiger partial charge in [-0.1, -0.05) is 24.6 Å². The van der Waals surface area contributed by atoms with Crippen molar-refractivity contribution in [1.29, 1.82) is 0 Å². The summed E-state index contributed by atoms with van der Waals surface area (Å²) in [5.41, 5.74) is -0.0705. The van der Waals surface area contributed by atoms with Gasteiger partial charge in [-0.15, -0.1) is 0 Å². The number of nitrogens with one attached hydrogen (secondary N) is 1. The molecule has 0 aliphatic carbocycles. The number of fused-ring (bicyclic) bond motifs is 1. The Morgan fingerprint density at radius 2 is 2.00 bits per heavy atom. The van der Waals surface area contributed by atoms with Crippen molar-refractivity contribution in [2.75, 3.05) is 4.90 Å². The molecule has 22 heavy (non-hydrogen) atoms. The summed E-state index contributed by atoms with van der Waals surface area (Å²) in [4.78, 5) is 21.3. The second kappa shape index (κ2) is 5.49. The van der Waals surface area contributed by atoms with Gasteiger partial charge in [-0.3, -0.25) is 0 Å². The van der Waals surface area contributed by atoms with Gasteiger partial charge in [-0.25, -0.2) is 28.4 Å². The minimum atomic E-state index is -0.865. The maximum Gasteiger partial charge on any atom is 0.328 e. The Kier molecular flexibility index (Phi) is 3.66. The largest absolute Gasteiger partial charge is 0.333 e. The van der Waals surface area contributed by atoms with Crippen LogP contribution in [0.1, 0.15) is 18.3 Å². The number of carbonyl (C=O) groups is 1. The summed E-state index contributed by atoms with van der Waals surface area (Å²) in [6.07, 6.45) is 0.474. The number of anilines is 2. The standard InChI is InChI=1S/C14H11ClF2N4O/c1-2-10-19-12(15)7-6-18-14(22)21(13(7)20-10)11-8(16)4-3-5-9(11)17/h3-5H,2,6H2,1H3,(H,18,22). The Morgan fingerprint density at radius 1 is 1.32 bits per heavy atom. The third kappa shape index (κ3) is 2.27. The molecule has 2 amide bonds. The maximum atomic E-state index is 14.0. The molecule has 8 heteroatoms. The third-order valence-corrected chi connectivity index (χ3v) is 3.60. The fourth-order valence-electron chi connectivity index (χ4n) is 2.23. The van der Waals surface area contributed by atoms with Crippen LogP contribution >= 0.6 is 11.6 Å². The van der Waals surface area contributed by atoms with Crippen molar-refractivity contribution in [1.82, 2.24) is 15.3 Å². The van der Waals surface area contributed by atoms with E-state index in [1.807, 2.05) is 6.92 Å². The third-order valence-electron chi connectivity index (χ3n) is 3.29. The molecule has 1 aromatic carbocycles. The summed E-state index contributed by atoms with van der Waals surface area (Å²) in [7, 11) is 0. The Morgan fingerprint density at radius 3 is 2.64 bits per heavy atom. The molecule has 0 spiro atoms. The van der Waals surface area contributed by atoms with Gasteiger partial charge >= 0.3 is 6.03 Å². The van der Waals surface area contributed by atoms with Gasteiger partial charge in [0.25, 0.3) is 0 Å². The molecule has 1 aromatic heterocycles. The van der Waals surface area contributed by atoms with Crippen LogP contribution in [0.2, 0.25) is 5.15 Å². The molecule has 0 atom stereocenters. The van der Waals surface area contributed by atoms with Crippen molar-refractivity contribution in [2.45, 2.75) is 19.9 Å². The highest BCUT2D eigenvalue weighted by molar-refractivity contribution is 6.30. The highest BCUT2D eigenvalue weighted by Crippen LogP contribution is 2.35. The molecule has 1 aliphatic heterocycles. The SMILES string of the molecule is CCc1nc(Cl)c2c(n1)N(c1c(F)cccc1F)C(=O)NC2. The van der Waals surface area contributed by atoms with Gasteiger partial charge < -0.3 is 5.32 Å². The zero-order valence-corrected chi connectivity index (χ0v) is 12.3. The molecule has 0 radical (unpaired) electrons. The number of carbonyl (C=O) groups excluding carboxylic acids is 1. The van der Waals surface area contributed by atoms with Crippen LogP contribution in [0.4, 0.5) is 25.1 Å². The van der Waals surface area contributed by atoms with E-state index >= 15 is 0 Å². The summed E-state index contributed by atoms with van der Waals surface area (Å²) in [5.74, 6) is -1.24. The number of aromatic nitrogens is 2. The number of para-hydroxylation sites is 1. The van der Waals surface area contributed by atoms with Gasteiger partial charge in [0.1, 0.15) is 28.3 Å². The summed E-state index contributed by atoms with van der Waals surface area (Å²) in [6, 6.07) is 2.70. The summed E-state index contributed by atoms with van der Waals surface area (Å²) < 4.78 is 28.1. The van der Waals surface area contributed by atoms with E-state index in [9.17, 15) is 13.6 Å². The first kappa shape index (κ1) is 14.6. The zero-order chi connectivity index (χ0) is 15.9. The molecule has 0 unspecified atom stereocenters. The topological polar surface area (TPSA) is 58.1 Å². The molecule has 1 aliphatic rings. The van der Waals surface area contributed by atoms with Crippen molar-refractivity contribution in [3.8, 4) is 0 Å². The predicted molar refractivity (Wildman–Crippen MR) is 77.2 cm³/mol. The van der Waals surface area contributed by atoms with E-state index in [0.29, 0.717) is 17.8 Å². The Balaban J connectivity index is 2.26. The zero-order valence-electron chi connectivity index (χ0n) is 11.5. The van der Waals surface area contributed by atoms with Crippen molar-refractivity contribution in [2.24, 2.45) is 0 Å². The van der Waals surface area contributed by atoms with Gasteiger partial charge in [-0.2, -0.15) is 0 Å². The van der Waals surface area contributed by atoms with E-state index in [-0.39, 0.29) is 17.5 Å². The monoisotopic (exact) mass is 324 g/mol. The van der Waals surface area contributed by atoms with Crippen LogP contribution in [0.3, 0.4) is 0 Å². The number of aryl methyl sites for hydroxylation is 1. The lowest BCUT2D eigenvalue weighted by molar-refractivity contribution is 0.246. The fourth-order valence-corrected chi connectivity index (χ4v) is 2.48. The molecule has 0 saturated carbocycles. The highest BCUT2D eigenvalue weighted by atomic mass is 35.5. The van der Waals surface area contributed by atoms with Crippen molar-refractivity contribution >= 4 is 29.1 Å². The Bertz CT molecular complexity index is 748. The fraction of sp³-hybridized carbons (Fsp3) is 0.214. The van der Waals surface area contributed by atoms with Gasteiger partial charge in [0.05, 0.1) is 12.1 Å². The number of benzene rings is 1. The minimum absolute atomic E-state index is 0.101. The van der Waals surface area contributed by atoms with Crippen LogP contribution < -0.4 is 10.2 Å². The quantitative estimate of drug-likeness (QED) is 0.862. The number of rotatable bonds is 2. The van der Waals surface area contributed by atoms with Crippen molar-refractivity contribution in [3.05, 3.63) is 46.4 Å². The molecular formula is C14H11ClF2N4O. The van der Waals surface area contributed by atoms with Crippen LogP contribution in [0.25, 0.3) is 0 Å². The summed E-state index contributed by atoms with van der Waals surface area (Å²) >= 11 is 6.09. The van der Waals surface area contributed by atoms with E-state index in [2.05, 4.69) is 15.3 Å². The number of amides is 2. The smallest absolute Gasteiger partial charge is 0.328 e. The average Bonchev–Trinajstić information content (AvgIpc) is 2.48. The lowest BCUT2D eigenvalue weighted by Gasteiger charge is -2.29. The number of halogens is 3. The number of hydrogen-bond acceptors (Lipinski definition) is 3. The van der Waals surface area contributed by atoms with E-state index < -0.39 is 23.4 Å². The molecule has 1 N–H and O–H groups in total. The molecule has 2 aromatic rings. The van der Waals surface area contributed by atoms with E-state index in [0.717, 1.165) is 17.0 Å².